The van der Waals surface area contributed by atoms with Gasteiger partial charge in [0.1, 0.15) is 0 Å². The van der Waals surface area contributed by atoms with Gasteiger partial charge in [-0.05, 0) is 13.3 Å². The average Bonchev–Trinajstić information content (AvgIpc) is 2.71. The van der Waals surface area contributed by atoms with Crippen LogP contribution >= 0.6 is 0 Å². The highest BCUT2D eigenvalue weighted by molar-refractivity contribution is 6.02. The van der Waals surface area contributed by atoms with Gasteiger partial charge in [0.2, 0.25) is 5.91 Å². The van der Waals surface area contributed by atoms with Gasteiger partial charge in [-0.25, -0.2) is 0 Å². The smallest absolute Gasteiger partial charge is 0.273 e. The minimum Gasteiger partial charge on any atom is -0.354 e. The first-order valence-corrected chi connectivity index (χ1v) is 5.71. The first-order chi connectivity index (χ1) is 8.12. The summed E-state index contributed by atoms with van der Waals surface area (Å²) in [5, 5.41) is 9.30. The van der Waals surface area contributed by atoms with Crippen LogP contribution in [0.15, 0.2) is 6.20 Å². The highest BCUT2D eigenvalue weighted by Crippen LogP contribution is 2.14. The van der Waals surface area contributed by atoms with Gasteiger partial charge in [-0.3, -0.25) is 14.3 Å². The Morgan fingerprint density at radius 2 is 2.12 bits per heavy atom. The Morgan fingerprint density at radius 1 is 1.41 bits per heavy atom. The molecule has 1 heterocycles. The molecule has 0 spiro atoms. The van der Waals surface area contributed by atoms with Crippen LogP contribution in [-0.4, -0.2) is 28.6 Å². The summed E-state index contributed by atoms with van der Waals surface area (Å²) in [4.78, 5) is 23.1. The Hall–Kier alpha value is -1.85. The highest BCUT2D eigenvalue weighted by Gasteiger charge is 2.16. The molecule has 0 aliphatic heterocycles. The molecule has 0 fully saturated rings. The molecular formula is C11H18N4O2. The molecular weight excluding hydrogens is 220 g/mol. The lowest BCUT2D eigenvalue weighted by Crippen LogP contribution is -2.21. The fourth-order valence-electron chi connectivity index (χ4n) is 1.40. The van der Waals surface area contributed by atoms with E-state index in [9.17, 15) is 9.59 Å². The molecule has 6 nitrogen and oxygen atoms in total. The van der Waals surface area contributed by atoms with Crippen molar-refractivity contribution < 1.29 is 9.59 Å². The first-order valence-electron chi connectivity index (χ1n) is 5.71. The molecule has 0 radical (unpaired) electrons. The van der Waals surface area contributed by atoms with Crippen LogP contribution in [0, 0.1) is 0 Å². The lowest BCUT2D eigenvalue weighted by atomic mass is 10.3. The van der Waals surface area contributed by atoms with Crippen molar-refractivity contribution in [3.63, 3.8) is 0 Å². The van der Waals surface area contributed by atoms with E-state index in [0.29, 0.717) is 18.7 Å². The van der Waals surface area contributed by atoms with Crippen LogP contribution in [0.1, 0.15) is 37.2 Å². The molecule has 17 heavy (non-hydrogen) atoms. The average molecular weight is 238 g/mol. The molecule has 0 unspecified atom stereocenters. The Bertz CT molecular complexity index is 412. The Labute approximate surface area is 100 Å². The van der Waals surface area contributed by atoms with Crippen molar-refractivity contribution in [2.45, 2.75) is 33.2 Å². The molecule has 1 aromatic rings. The Morgan fingerprint density at radius 3 is 2.65 bits per heavy atom. The molecule has 0 atom stereocenters. The van der Waals surface area contributed by atoms with Crippen LogP contribution in [0.4, 0.5) is 5.69 Å². The number of nitrogens with zero attached hydrogens (tertiary/aromatic N) is 2. The number of hydrogen-bond donors (Lipinski definition) is 2. The number of nitrogens with one attached hydrogen (secondary N) is 2. The summed E-state index contributed by atoms with van der Waals surface area (Å²) in [5.41, 5.74) is 0.712. The van der Waals surface area contributed by atoms with Gasteiger partial charge in [-0.15, -0.1) is 0 Å². The molecule has 2 amide bonds. The standard InChI is InChI=1S/C11H18N4O2/c1-4-6-9(16)13-8-7-15(5-2)14-10(8)11(17)12-3/h7H,4-6H2,1-3H3,(H,12,17)(H,13,16). The number of carbonyl (C=O) groups is 2. The second-order valence-electron chi connectivity index (χ2n) is 3.62. The van der Waals surface area contributed by atoms with Gasteiger partial charge in [0, 0.05) is 26.2 Å². The van der Waals surface area contributed by atoms with Gasteiger partial charge < -0.3 is 10.6 Å². The zero-order chi connectivity index (χ0) is 12.8. The van der Waals surface area contributed by atoms with E-state index in [4.69, 9.17) is 0 Å². The summed E-state index contributed by atoms with van der Waals surface area (Å²) < 4.78 is 1.62. The molecule has 0 aliphatic carbocycles. The number of hydrogen-bond acceptors (Lipinski definition) is 3. The van der Waals surface area contributed by atoms with E-state index in [2.05, 4.69) is 15.7 Å². The van der Waals surface area contributed by atoms with Crippen molar-refractivity contribution in [1.29, 1.82) is 0 Å². The van der Waals surface area contributed by atoms with E-state index in [1.54, 1.807) is 10.9 Å². The predicted molar refractivity (Wildman–Crippen MR) is 64.8 cm³/mol. The number of rotatable bonds is 5. The van der Waals surface area contributed by atoms with Crippen molar-refractivity contribution in [1.82, 2.24) is 15.1 Å². The summed E-state index contributed by atoms with van der Waals surface area (Å²) in [6, 6.07) is 0. The summed E-state index contributed by atoms with van der Waals surface area (Å²) in [6.45, 7) is 4.49. The summed E-state index contributed by atoms with van der Waals surface area (Å²) >= 11 is 0. The zero-order valence-electron chi connectivity index (χ0n) is 10.4. The van der Waals surface area contributed by atoms with Crippen LogP contribution in [0.3, 0.4) is 0 Å². The van der Waals surface area contributed by atoms with Gasteiger partial charge in [0.05, 0.1) is 5.69 Å². The predicted octanol–water partition coefficient (Wildman–Crippen LogP) is 1.00. The highest BCUT2D eigenvalue weighted by atomic mass is 16.2. The third-order valence-electron chi connectivity index (χ3n) is 2.28. The van der Waals surface area contributed by atoms with Crippen molar-refractivity contribution in [3.8, 4) is 0 Å². The quantitative estimate of drug-likeness (QED) is 0.803. The minimum absolute atomic E-state index is 0.103. The van der Waals surface area contributed by atoms with Crippen molar-refractivity contribution in [2.24, 2.45) is 0 Å². The van der Waals surface area contributed by atoms with Gasteiger partial charge >= 0.3 is 0 Å². The molecule has 6 heteroatoms. The number of aryl methyl sites for hydroxylation is 1. The van der Waals surface area contributed by atoms with E-state index in [-0.39, 0.29) is 17.5 Å². The summed E-state index contributed by atoms with van der Waals surface area (Å²) in [7, 11) is 1.53. The first kappa shape index (κ1) is 13.2. The van der Waals surface area contributed by atoms with Crippen molar-refractivity contribution in [3.05, 3.63) is 11.9 Å². The maximum Gasteiger partial charge on any atom is 0.273 e. The third-order valence-corrected chi connectivity index (χ3v) is 2.28. The fourth-order valence-corrected chi connectivity index (χ4v) is 1.40. The lowest BCUT2D eigenvalue weighted by Gasteiger charge is -2.02. The molecule has 2 N–H and O–H groups in total. The molecule has 0 bridgehead atoms. The van der Waals surface area contributed by atoms with E-state index >= 15 is 0 Å². The fraction of sp³-hybridized carbons (Fsp3) is 0.545. The van der Waals surface area contributed by atoms with Gasteiger partial charge in [-0.2, -0.15) is 5.10 Å². The lowest BCUT2D eigenvalue weighted by molar-refractivity contribution is -0.116. The van der Waals surface area contributed by atoms with Gasteiger partial charge in [0.25, 0.3) is 5.91 Å². The maximum absolute atomic E-state index is 11.6. The van der Waals surface area contributed by atoms with E-state index in [1.165, 1.54) is 7.05 Å². The topological polar surface area (TPSA) is 76.0 Å². The summed E-state index contributed by atoms with van der Waals surface area (Å²) in [6.07, 6.45) is 2.87. The third kappa shape index (κ3) is 3.30. The SMILES string of the molecule is CCCC(=O)Nc1cn(CC)nc1C(=O)NC. The van der Waals surface area contributed by atoms with Crippen LogP contribution in [0.5, 0.6) is 0 Å². The number of anilines is 1. The van der Waals surface area contributed by atoms with Gasteiger partial charge in [-0.1, -0.05) is 6.92 Å². The van der Waals surface area contributed by atoms with E-state index < -0.39 is 0 Å². The molecule has 0 aliphatic rings. The molecule has 1 aromatic heterocycles. The second kappa shape index (κ2) is 6.03. The number of amides is 2. The zero-order valence-corrected chi connectivity index (χ0v) is 10.4. The Kier molecular flexibility index (Phi) is 4.68. The molecule has 0 saturated heterocycles. The van der Waals surface area contributed by atoms with Crippen LogP contribution < -0.4 is 10.6 Å². The van der Waals surface area contributed by atoms with Gasteiger partial charge in [0.15, 0.2) is 5.69 Å². The largest absolute Gasteiger partial charge is 0.354 e. The van der Waals surface area contributed by atoms with Crippen molar-refractivity contribution >= 4 is 17.5 Å². The molecule has 0 aromatic carbocycles. The molecule has 0 saturated carbocycles. The van der Waals surface area contributed by atoms with Crippen LogP contribution in [-0.2, 0) is 11.3 Å². The monoisotopic (exact) mass is 238 g/mol. The van der Waals surface area contributed by atoms with Crippen LogP contribution in [0.2, 0.25) is 0 Å². The van der Waals surface area contributed by atoms with Crippen LogP contribution in [0.25, 0.3) is 0 Å². The Balaban J connectivity index is 2.92. The van der Waals surface area contributed by atoms with E-state index in [0.717, 1.165) is 6.42 Å². The molecule has 1 rings (SSSR count). The maximum atomic E-state index is 11.6. The number of aromatic nitrogens is 2. The molecule has 94 valence electrons. The summed E-state index contributed by atoms with van der Waals surface area (Å²) in [5.74, 6) is -0.405. The van der Waals surface area contributed by atoms with Crippen molar-refractivity contribution in [2.75, 3.05) is 12.4 Å². The second-order valence-corrected chi connectivity index (χ2v) is 3.62. The van der Waals surface area contributed by atoms with E-state index in [1.807, 2.05) is 13.8 Å². The number of carbonyl (C=O) groups excluding carboxylic acids is 2. The minimum atomic E-state index is -0.302. The normalized spacial score (nSPS) is 10.1.